The molecule has 18 heavy (non-hydrogen) atoms. The predicted octanol–water partition coefficient (Wildman–Crippen LogP) is 2.72. The van der Waals surface area contributed by atoms with Gasteiger partial charge in [0.15, 0.2) is 5.82 Å². The van der Waals surface area contributed by atoms with Crippen LogP contribution in [0.1, 0.15) is 6.92 Å². The molecule has 0 atom stereocenters. The molecule has 1 N–H and O–H groups in total. The first kappa shape index (κ1) is 12.3. The van der Waals surface area contributed by atoms with Crippen LogP contribution < -0.4 is 10.1 Å². The molecular formula is C13H14FN3O. The molecule has 0 aliphatic heterocycles. The highest BCUT2D eigenvalue weighted by Gasteiger charge is 2.13. The highest BCUT2D eigenvalue weighted by atomic mass is 19.1. The Bertz CT molecular complexity index is 546. The van der Waals surface area contributed by atoms with E-state index in [9.17, 15) is 4.39 Å². The lowest BCUT2D eigenvalue weighted by Crippen LogP contribution is -2.01. The minimum Gasteiger partial charge on any atom is -0.493 e. The van der Waals surface area contributed by atoms with Gasteiger partial charge in [-0.3, -0.25) is 0 Å². The summed E-state index contributed by atoms with van der Waals surface area (Å²) >= 11 is 0. The van der Waals surface area contributed by atoms with Crippen LogP contribution in [-0.4, -0.2) is 23.6 Å². The number of aromatic nitrogens is 2. The fraction of sp³-hybridized carbons (Fsp3) is 0.231. The molecule has 4 nitrogen and oxygen atoms in total. The first-order chi connectivity index (χ1) is 8.76. The second-order valence-electron chi connectivity index (χ2n) is 3.57. The van der Waals surface area contributed by atoms with E-state index < -0.39 is 5.82 Å². The molecule has 94 valence electrons. The first-order valence-corrected chi connectivity index (χ1v) is 5.68. The topological polar surface area (TPSA) is 47.0 Å². The minimum atomic E-state index is -0.471. The van der Waals surface area contributed by atoms with Crippen molar-refractivity contribution in [3.05, 3.63) is 36.3 Å². The molecule has 2 rings (SSSR count). The van der Waals surface area contributed by atoms with E-state index in [1.807, 2.05) is 19.1 Å². The SMILES string of the molecule is CCOc1ccccc1-c1nc(NC)ncc1F. The number of anilines is 1. The number of hydrogen-bond donors (Lipinski definition) is 1. The number of hydrogen-bond acceptors (Lipinski definition) is 4. The van der Waals surface area contributed by atoms with Crippen LogP contribution >= 0.6 is 0 Å². The van der Waals surface area contributed by atoms with Crippen molar-refractivity contribution in [3.63, 3.8) is 0 Å². The molecule has 2 aromatic rings. The molecule has 0 spiro atoms. The van der Waals surface area contributed by atoms with Gasteiger partial charge in [0.2, 0.25) is 5.95 Å². The fourth-order valence-corrected chi connectivity index (χ4v) is 1.62. The maximum absolute atomic E-state index is 13.8. The summed E-state index contributed by atoms with van der Waals surface area (Å²) in [6.45, 7) is 2.40. The van der Waals surface area contributed by atoms with E-state index in [0.29, 0.717) is 23.9 Å². The van der Waals surface area contributed by atoms with Crippen LogP contribution in [0.4, 0.5) is 10.3 Å². The van der Waals surface area contributed by atoms with Gasteiger partial charge in [-0.2, -0.15) is 0 Å². The van der Waals surface area contributed by atoms with Crippen LogP contribution in [0.3, 0.4) is 0 Å². The zero-order chi connectivity index (χ0) is 13.0. The Balaban J connectivity index is 2.53. The highest BCUT2D eigenvalue weighted by molar-refractivity contribution is 5.68. The van der Waals surface area contributed by atoms with Crippen molar-refractivity contribution in [2.24, 2.45) is 0 Å². The zero-order valence-electron chi connectivity index (χ0n) is 10.3. The number of nitrogens with one attached hydrogen (secondary N) is 1. The van der Waals surface area contributed by atoms with E-state index in [0.717, 1.165) is 6.20 Å². The van der Waals surface area contributed by atoms with Gasteiger partial charge < -0.3 is 10.1 Å². The number of rotatable bonds is 4. The van der Waals surface area contributed by atoms with Gasteiger partial charge in [-0.25, -0.2) is 14.4 Å². The van der Waals surface area contributed by atoms with Gasteiger partial charge >= 0.3 is 0 Å². The van der Waals surface area contributed by atoms with Gasteiger partial charge in [-0.15, -0.1) is 0 Å². The molecule has 0 bridgehead atoms. The number of benzene rings is 1. The Morgan fingerprint density at radius 3 is 2.83 bits per heavy atom. The van der Waals surface area contributed by atoms with Crippen molar-refractivity contribution < 1.29 is 9.13 Å². The molecule has 5 heteroatoms. The number of ether oxygens (including phenoxy) is 1. The van der Waals surface area contributed by atoms with Gasteiger partial charge in [0.1, 0.15) is 11.4 Å². The second-order valence-corrected chi connectivity index (χ2v) is 3.57. The number of nitrogens with zero attached hydrogens (tertiary/aromatic N) is 2. The summed E-state index contributed by atoms with van der Waals surface area (Å²) in [4.78, 5) is 7.95. The first-order valence-electron chi connectivity index (χ1n) is 5.68. The summed E-state index contributed by atoms with van der Waals surface area (Å²) in [6.07, 6.45) is 1.15. The summed E-state index contributed by atoms with van der Waals surface area (Å²) in [5.41, 5.74) is 0.856. The third-order valence-electron chi connectivity index (χ3n) is 2.41. The Morgan fingerprint density at radius 1 is 1.33 bits per heavy atom. The number of halogens is 1. The molecule has 0 aliphatic rings. The Labute approximate surface area is 105 Å². The third-order valence-corrected chi connectivity index (χ3v) is 2.41. The largest absolute Gasteiger partial charge is 0.493 e. The average molecular weight is 247 g/mol. The lowest BCUT2D eigenvalue weighted by Gasteiger charge is -2.10. The minimum absolute atomic E-state index is 0.235. The smallest absolute Gasteiger partial charge is 0.223 e. The molecule has 0 radical (unpaired) electrons. The van der Waals surface area contributed by atoms with Crippen LogP contribution in [0.25, 0.3) is 11.3 Å². The second kappa shape index (κ2) is 5.44. The van der Waals surface area contributed by atoms with Crippen LogP contribution in [0, 0.1) is 5.82 Å². The molecule has 0 unspecified atom stereocenters. The van der Waals surface area contributed by atoms with E-state index in [1.54, 1.807) is 19.2 Å². The van der Waals surface area contributed by atoms with Crippen LogP contribution in [-0.2, 0) is 0 Å². The van der Waals surface area contributed by atoms with Gasteiger partial charge in [-0.05, 0) is 19.1 Å². The van der Waals surface area contributed by atoms with E-state index in [1.165, 1.54) is 0 Å². The molecule has 0 aliphatic carbocycles. The van der Waals surface area contributed by atoms with Gasteiger partial charge in [0.05, 0.1) is 12.8 Å². The summed E-state index contributed by atoms with van der Waals surface area (Å²) in [5, 5.41) is 2.79. The zero-order valence-corrected chi connectivity index (χ0v) is 10.3. The molecule has 0 amide bonds. The normalized spacial score (nSPS) is 10.2. The van der Waals surface area contributed by atoms with E-state index in [2.05, 4.69) is 15.3 Å². The van der Waals surface area contributed by atoms with Gasteiger partial charge in [0.25, 0.3) is 0 Å². The van der Waals surface area contributed by atoms with Crippen molar-refractivity contribution >= 4 is 5.95 Å². The lowest BCUT2D eigenvalue weighted by molar-refractivity contribution is 0.341. The Morgan fingerprint density at radius 2 is 2.11 bits per heavy atom. The van der Waals surface area contributed by atoms with Gasteiger partial charge in [0, 0.05) is 12.6 Å². The Kier molecular flexibility index (Phi) is 3.72. The summed E-state index contributed by atoms with van der Waals surface area (Å²) < 4.78 is 19.3. The van der Waals surface area contributed by atoms with E-state index in [4.69, 9.17) is 4.74 Å². The summed E-state index contributed by atoms with van der Waals surface area (Å²) in [5.74, 6) is 0.513. The molecule has 0 fully saturated rings. The summed E-state index contributed by atoms with van der Waals surface area (Å²) in [7, 11) is 1.69. The van der Waals surface area contributed by atoms with E-state index in [-0.39, 0.29) is 5.69 Å². The van der Waals surface area contributed by atoms with Crippen molar-refractivity contribution in [3.8, 4) is 17.0 Å². The van der Waals surface area contributed by atoms with Crippen LogP contribution in [0.2, 0.25) is 0 Å². The quantitative estimate of drug-likeness (QED) is 0.902. The van der Waals surface area contributed by atoms with Crippen LogP contribution in [0.5, 0.6) is 5.75 Å². The number of para-hydroxylation sites is 1. The monoisotopic (exact) mass is 247 g/mol. The third kappa shape index (κ3) is 2.40. The van der Waals surface area contributed by atoms with Crippen molar-refractivity contribution in [1.82, 2.24) is 9.97 Å². The molecule has 1 aromatic carbocycles. The molecular weight excluding hydrogens is 233 g/mol. The van der Waals surface area contributed by atoms with E-state index >= 15 is 0 Å². The average Bonchev–Trinajstić information content (AvgIpc) is 2.41. The Hall–Kier alpha value is -2.17. The van der Waals surface area contributed by atoms with Gasteiger partial charge in [-0.1, -0.05) is 12.1 Å². The molecule has 1 aromatic heterocycles. The molecule has 0 saturated carbocycles. The lowest BCUT2D eigenvalue weighted by atomic mass is 10.1. The maximum Gasteiger partial charge on any atom is 0.223 e. The standard InChI is InChI=1S/C13H14FN3O/c1-3-18-11-7-5-4-6-9(11)12-10(14)8-16-13(15-2)17-12/h4-8H,3H2,1-2H3,(H,15,16,17). The maximum atomic E-state index is 13.8. The molecule has 0 saturated heterocycles. The summed E-state index contributed by atoms with van der Waals surface area (Å²) in [6, 6.07) is 7.22. The molecule has 1 heterocycles. The van der Waals surface area contributed by atoms with Crippen molar-refractivity contribution in [2.45, 2.75) is 6.92 Å². The van der Waals surface area contributed by atoms with Crippen molar-refractivity contribution in [1.29, 1.82) is 0 Å². The fourth-order valence-electron chi connectivity index (χ4n) is 1.62. The van der Waals surface area contributed by atoms with Crippen molar-refractivity contribution in [2.75, 3.05) is 19.0 Å². The van der Waals surface area contributed by atoms with Crippen LogP contribution in [0.15, 0.2) is 30.5 Å². The highest BCUT2D eigenvalue weighted by Crippen LogP contribution is 2.30. The predicted molar refractivity (Wildman–Crippen MR) is 68.1 cm³/mol.